The highest BCUT2D eigenvalue weighted by molar-refractivity contribution is 4.64. The van der Waals surface area contributed by atoms with Gasteiger partial charge in [0.1, 0.15) is 12.9 Å². The van der Waals surface area contributed by atoms with E-state index in [1.54, 1.807) is 0 Å². The normalized spacial score (nSPS) is 16.0. The molecule has 74 valence electrons. The number of ether oxygens (including phenoxy) is 2. The molecule has 0 spiro atoms. The first-order chi connectivity index (χ1) is 5.72. The molecule has 0 aliphatic carbocycles. The second-order valence-corrected chi connectivity index (χ2v) is 2.42. The van der Waals surface area contributed by atoms with E-state index in [0.717, 1.165) is 0 Å². The maximum absolute atomic E-state index is 9.09. The zero-order chi connectivity index (χ0) is 9.40. The number of hydrogen-bond acceptors (Lipinski definition) is 5. The highest BCUT2D eigenvalue weighted by atomic mass is 16.7. The lowest BCUT2D eigenvalue weighted by Gasteiger charge is -2.14. The van der Waals surface area contributed by atoms with Crippen LogP contribution in [0.2, 0.25) is 0 Å². The molecule has 0 aliphatic rings. The fraction of sp³-hybridized carbons (Fsp3) is 1.00. The average Bonchev–Trinajstić information content (AvgIpc) is 2.10. The minimum Gasteiger partial charge on any atom is -0.394 e. The molecule has 0 fully saturated rings. The third-order valence-electron chi connectivity index (χ3n) is 1.39. The summed E-state index contributed by atoms with van der Waals surface area (Å²) in [5.74, 6) is 0. The van der Waals surface area contributed by atoms with E-state index in [2.05, 4.69) is 4.74 Å². The summed E-state index contributed by atoms with van der Waals surface area (Å²) in [6, 6.07) is 0. The monoisotopic (exact) mass is 180 g/mol. The Morgan fingerprint density at radius 2 is 1.92 bits per heavy atom. The molecule has 0 aromatic carbocycles. The molecule has 0 saturated carbocycles. The van der Waals surface area contributed by atoms with Gasteiger partial charge in [0.25, 0.3) is 0 Å². The molecule has 3 N–H and O–H groups in total. The van der Waals surface area contributed by atoms with Crippen molar-refractivity contribution in [1.29, 1.82) is 0 Å². The van der Waals surface area contributed by atoms with E-state index in [-0.39, 0.29) is 13.2 Å². The topological polar surface area (TPSA) is 79.2 Å². The van der Waals surface area contributed by atoms with Crippen molar-refractivity contribution in [1.82, 2.24) is 0 Å². The van der Waals surface area contributed by atoms with Gasteiger partial charge in [-0.3, -0.25) is 0 Å². The van der Waals surface area contributed by atoms with Crippen molar-refractivity contribution in [2.24, 2.45) is 0 Å². The van der Waals surface area contributed by atoms with Crippen molar-refractivity contribution in [2.75, 3.05) is 27.1 Å². The van der Waals surface area contributed by atoms with Gasteiger partial charge in [0, 0.05) is 7.11 Å². The second kappa shape index (κ2) is 7.45. The van der Waals surface area contributed by atoms with Gasteiger partial charge in [-0.2, -0.15) is 0 Å². The van der Waals surface area contributed by atoms with E-state index >= 15 is 0 Å². The van der Waals surface area contributed by atoms with Crippen LogP contribution in [0, 0.1) is 0 Å². The lowest BCUT2D eigenvalue weighted by molar-refractivity contribution is -0.0617. The molecule has 0 bridgehead atoms. The number of aliphatic hydroxyl groups is 3. The smallest absolute Gasteiger partial charge is 0.146 e. The number of hydrogen-bond donors (Lipinski definition) is 3. The van der Waals surface area contributed by atoms with Crippen LogP contribution in [0.5, 0.6) is 0 Å². The van der Waals surface area contributed by atoms with E-state index in [1.165, 1.54) is 7.11 Å². The van der Waals surface area contributed by atoms with Crippen LogP contribution < -0.4 is 0 Å². The average molecular weight is 180 g/mol. The van der Waals surface area contributed by atoms with Crippen LogP contribution >= 0.6 is 0 Å². The van der Waals surface area contributed by atoms with Gasteiger partial charge in [0.15, 0.2) is 0 Å². The first kappa shape index (κ1) is 11.8. The Kier molecular flexibility index (Phi) is 7.33. The highest BCUT2D eigenvalue weighted by Gasteiger charge is 2.14. The zero-order valence-electron chi connectivity index (χ0n) is 7.14. The maximum Gasteiger partial charge on any atom is 0.146 e. The third kappa shape index (κ3) is 5.45. The van der Waals surface area contributed by atoms with E-state index < -0.39 is 18.8 Å². The Morgan fingerprint density at radius 1 is 1.25 bits per heavy atom. The number of methoxy groups -OCH3 is 1. The van der Waals surface area contributed by atoms with Gasteiger partial charge in [-0.15, -0.1) is 0 Å². The molecule has 2 unspecified atom stereocenters. The molecular weight excluding hydrogens is 164 g/mol. The van der Waals surface area contributed by atoms with Crippen LogP contribution in [0.3, 0.4) is 0 Å². The first-order valence-electron chi connectivity index (χ1n) is 3.76. The Morgan fingerprint density at radius 3 is 2.42 bits per heavy atom. The molecule has 0 heterocycles. The van der Waals surface area contributed by atoms with Crippen LogP contribution in [-0.2, 0) is 9.47 Å². The summed E-state index contributed by atoms with van der Waals surface area (Å²) in [7, 11) is 1.50. The van der Waals surface area contributed by atoms with Crippen LogP contribution in [0.1, 0.15) is 6.42 Å². The molecule has 5 nitrogen and oxygen atoms in total. The Labute approximate surface area is 71.5 Å². The zero-order valence-corrected chi connectivity index (χ0v) is 7.14. The third-order valence-corrected chi connectivity index (χ3v) is 1.39. The summed E-state index contributed by atoms with van der Waals surface area (Å²) in [6.45, 7) is 0.0272. The van der Waals surface area contributed by atoms with E-state index in [0.29, 0.717) is 6.61 Å². The molecule has 0 aliphatic heterocycles. The van der Waals surface area contributed by atoms with Crippen LogP contribution in [0.15, 0.2) is 0 Å². The van der Waals surface area contributed by atoms with Crippen molar-refractivity contribution in [3.63, 3.8) is 0 Å². The minimum absolute atomic E-state index is 0.169. The molecule has 0 aromatic heterocycles. The van der Waals surface area contributed by atoms with E-state index in [4.69, 9.17) is 20.1 Å². The van der Waals surface area contributed by atoms with Gasteiger partial charge in [0.2, 0.25) is 0 Å². The molecule has 0 saturated heterocycles. The van der Waals surface area contributed by atoms with Crippen molar-refractivity contribution in [2.45, 2.75) is 18.6 Å². The van der Waals surface area contributed by atoms with Gasteiger partial charge < -0.3 is 24.8 Å². The van der Waals surface area contributed by atoms with Gasteiger partial charge in [-0.25, -0.2) is 0 Å². The van der Waals surface area contributed by atoms with Gasteiger partial charge >= 0.3 is 0 Å². The number of aliphatic hydroxyl groups excluding tert-OH is 3. The lowest BCUT2D eigenvalue weighted by Crippen LogP contribution is -2.30. The molecule has 5 heteroatoms. The molecular formula is C7H16O5. The van der Waals surface area contributed by atoms with Gasteiger partial charge in [-0.05, 0) is 6.42 Å². The SMILES string of the molecule is COCOCCC(O)C(O)CO. The molecule has 0 amide bonds. The Hall–Kier alpha value is -0.200. The first-order valence-corrected chi connectivity index (χ1v) is 3.76. The van der Waals surface area contributed by atoms with Crippen molar-refractivity contribution < 1.29 is 24.8 Å². The standard InChI is InChI=1S/C7H16O5/c1-11-5-12-3-2-6(9)7(10)4-8/h6-10H,2-5H2,1H3. The van der Waals surface area contributed by atoms with E-state index in [9.17, 15) is 0 Å². The molecule has 0 aromatic rings. The van der Waals surface area contributed by atoms with Gasteiger partial charge in [-0.1, -0.05) is 0 Å². The Bertz CT molecular complexity index is 97.8. The maximum atomic E-state index is 9.09. The van der Waals surface area contributed by atoms with E-state index in [1.807, 2.05) is 0 Å². The van der Waals surface area contributed by atoms with Gasteiger partial charge in [0.05, 0.1) is 19.3 Å². The fourth-order valence-corrected chi connectivity index (χ4v) is 0.660. The predicted molar refractivity (Wildman–Crippen MR) is 41.5 cm³/mol. The fourth-order valence-electron chi connectivity index (χ4n) is 0.660. The van der Waals surface area contributed by atoms with Crippen molar-refractivity contribution in [3.8, 4) is 0 Å². The highest BCUT2D eigenvalue weighted by Crippen LogP contribution is 1.98. The molecule has 0 radical (unpaired) electrons. The van der Waals surface area contributed by atoms with Crippen molar-refractivity contribution in [3.05, 3.63) is 0 Å². The van der Waals surface area contributed by atoms with Crippen LogP contribution in [0.25, 0.3) is 0 Å². The molecule has 2 atom stereocenters. The largest absolute Gasteiger partial charge is 0.394 e. The van der Waals surface area contributed by atoms with Crippen LogP contribution in [0.4, 0.5) is 0 Å². The summed E-state index contributed by atoms with van der Waals surface area (Å²) in [6.07, 6.45) is -1.74. The quantitative estimate of drug-likeness (QED) is 0.335. The second-order valence-electron chi connectivity index (χ2n) is 2.42. The predicted octanol–water partition coefficient (Wildman–Crippen LogP) is -1.29. The lowest BCUT2D eigenvalue weighted by atomic mass is 10.1. The number of rotatable bonds is 7. The molecule has 0 rings (SSSR count). The van der Waals surface area contributed by atoms with Crippen LogP contribution in [-0.4, -0.2) is 54.6 Å². The minimum atomic E-state index is -1.09. The summed E-state index contributed by atoms with van der Waals surface area (Å²) in [5, 5.41) is 26.4. The summed E-state index contributed by atoms with van der Waals surface area (Å²) < 4.78 is 9.47. The summed E-state index contributed by atoms with van der Waals surface area (Å²) in [5.41, 5.74) is 0. The summed E-state index contributed by atoms with van der Waals surface area (Å²) in [4.78, 5) is 0. The summed E-state index contributed by atoms with van der Waals surface area (Å²) >= 11 is 0. The van der Waals surface area contributed by atoms with Crippen molar-refractivity contribution >= 4 is 0 Å². The Balaban J connectivity index is 3.24. The molecule has 12 heavy (non-hydrogen) atoms.